The first-order valence-corrected chi connectivity index (χ1v) is 9.70. The molecule has 1 aromatic rings. The van der Waals surface area contributed by atoms with E-state index in [0.717, 1.165) is 57.1 Å². The Bertz CT molecular complexity index is 625. The van der Waals surface area contributed by atoms with Gasteiger partial charge >= 0.3 is 0 Å². The Morgan fingerprint density at radius 1 is 1.20 bits per heavy atom. The maximum absolute atomic E-state index is 12.8. The summed E-state index contributed by atoms with van der Waals surface area (Å²) in [6, 6.07) is 6.24. The topological polar surface area (TPSA) is 43.2 Å². The number of rotatable bonds is 3. The molecule has 3 heterocycles. The summed E-state index contributed by atoms with van der Waals surface area (Å²) in [7, 11) is 0. The van der Waals surface area contributed by atoms with Gasteiger partial charge in [-0.1, -0.05) is 6.92 Å². The first-order valence-electron chi connectivity index (χ1n) is 9.70. The average Bonchev–Trinajstić information content (AvgIpc) is 3.09. The molecule has 0 aromatic heterocycles. The average molecular weight is 345 g/mol. The van der Waals surface area contributed by atoms with Crippen LogP contribution in [-0.4, -0.2) is 43.8 Å². The summed E-state index contributed by atoms with van der Waals surface area (Å²) in [5, 5.41) is 0. The van der Waals surface area contributed by atoms with Gasteiger partial charge in [-0.2, -0.15) is 0 Å². The van der Waals surface area contributed by atoms with Crippen LogP contribution in [0.25, 0.3) is 0 Å². The molecule has 3 aliphatic heterocycles. The molecule has 2 saturated heterocycles. The quantitative estimate of drug-likeness (QED) is 0.902. The van der Waals surface area contributed by atoms with Crippen LogP contribution in [0.3, 0.4) is 0 Å². The SMILES string of the molecule is C[C@H]1CCCN(C(=O)C2CC[NH+](Cc3ccc4c(c3)OCO4)CC2)C1. The second-order valence-electron chi connectivity index (χ2n) is 7.92. The first kappa shape index (κ1) is 16.7. The third-order valence-electron chi connectivity index (χ3n) is 5.90. The third kappa shape index (κ3) is 3.76. The summed E-state index contributed by atoms with van der Waals surface area (Å²) in [5.41, 5.74) is 1.29. The lowest BCUT2D eigenvalue weighted by molar-refractivity contribution is -0.919. The zero-order valence-corrected chi connectivity index (χ0v) is 15.1. The van der Waals surface area contributed by atoms with Crippen molar-refractivity contribution in [3.63, 3.8) is 0 Å². The Hall–Kier alpha value is -1.75. The van der Waals surface area contributed by atoms with Crippen molar-refractivity contribution in [3.05, 3.63) is 23.8 Å². The third-order valence-corrected chi connectivity index (χ3v) is 5.90. The molecular formula is C20H29N2O3+. The molecule has 0 unspecified atom stereocenters. The maximum Gasteiger partial charge on any atom is 0.231 e. The van der Waals surface area contributed by atoms with Gasteiger partial charge in [0.2, 0.25) is 12.7 Å². The number of hydrogen-bond acceptors (Lipinski definition) is 3. The number of nitrogens with one attached hydrogen (secondary N) is 1. The monoisotopic (exact) mass is 345 g/mol. The van der Waals surface area contributed by atoms with E-state index >= 15 is 0 Å². The molecule has 3 aliphatic rings. The molecule has 5 heteroatoms. The van der Waals surface area contributed by atoms with E-state index in [1.54, 1.807) is 4.90 Å². The number of amides is 1. The van der Waals surface area contributed by atoms with Crippen molar-refractivity contribution in [1.29, 1.82) is 0 Å². The number of likely N-dealkylation sites (tertiary alicyclic amines) is 2. The molecule has 1 atom stereocenters. The summed E-state index contributed by atoms with van der Waals surface area (Å²) in [5.74, 6) is 3.02. The van der Waals surface area contributed by atoms with Crippen LogP contribution < -0.4 is 14.4 Å². The van der Waals surface area contributed by atoms with E-state index in [0.29, 0.717) is 18.6 Å². The highest BCUT2D eigenvalue weighted by Gasteiger charge is 2.32. The van der Waals surface area contributed by atoms with Gasteiger partial charge in [-0.05, 0) is 37.0 Å². The van der Waals surface area contributed by atoms with Crippen molar-refractivity contribution in [2.24, 2.45) is 11.8 Å². The van der Waals surface area contributed by atoms with Crippen LogP contribution in [0, 0.1) is 11.8 Å². The standard InChI is InChI=1S/C20H28N2O3/c1-15-3-2-8-22(12-15)20(23)17-6-9-21(10-7-17)13-16-4-5-18-19(11-16)25-14-24-18/h4-5,11,15,17H,2-3,6-10,12-14H2,1H3/p+1/t15-/m0/s1. The van der Waals surface area contributed by atoms with Gasteiger partial charge in [-0.25, -0.2) is 0 Å². The molecule has 25 heavy (non-hydrogen) atoms. The summed E-state index contributed by atoms with van der Waals surface area (Å²) in [6.07, 6.45) is 4.47. The fourth-order valence-corrected chi connectivity index (χ4v) is 4.44. The number of ether oxygens (including phenoxy) is 2. The molecule has 1 aromatic carbocycles. The van der Waals surface area contributed by atoms with Gasteiger partial charge in [0.25, 0.3) is 0 Å². The van der Waals surface area contributed by atoms with Crippen LogP contribution in [0.2, 0.25) is 0 Å². The summed E-state index contributed by atoms with van der Waals surface area (Å²) >= 11 is 0. The largest absolute Gasteiger partial charge is 0.454 e. The molecule has 136 valence electrons. The van der Waals surface area contributed by atoms with Crippen LogP contribution in [0.5, 0.6) is 11.5 Å². The van der Waals surface area contributed by atoms with Crippen LogP contribution in [0.4, 0.5) is 0 Å². The number of carbonyl (C=O) groups is 1. The molecule has 1 N–H and O–H groups in total. The van der Waals surface area contributed by atoms with Gasteiger partial charge in [-0.15, -0.1) is 0 Å². The Labute approximate surface area is 149 Å². The smallest absolute Gasteiger partial charge is 0.231 e. The molecular weight excluding hydrogens is 316 g/mol. The van der Waals surface area contributed by atoms with Crippen molar-refractivity contribution in [1.82, 2.24) is 4.90 Å². The van der Waals surface area contributed by atoms with Gasteiger partial charge in [0.1, 0.15) is 6.54 Å². The minimum atomic E-state index is 0.241. The van der Waals surface area contributed by atoms with Gasteiger partial charge in [0, 0.05) is 37.4 Å². The second-order valence-corrected chi connectivity index (χ2v) is 7.92. The second kappa shape index (κ2) is 7.24. The van der Waals surface area contributed by atoms with Crippen LogP contribution >= 0.6 is 0 Å². The molecule has 0 radical (unpaired) electrons. The lowest BCUT2D eigenvalue weighted by Crippen LogP contribution is -3.11. The highest BCUT2D eigenvalue weighted by Crippen LogP contribution is 2.32. The maximum atomic E-state index is 12.8. The Morgan fingerprint density at radius 3 is 2.80 bits per heavy atom. The van der Waals surface area contributed by atoms with E-state index in [4.69, 9.17) is 9.47 Å². The normalized spacial score (nSPS) is 28.8. The molecule has 5 nitrogen and oxygen atoms in total. The predicted octanol–water partition coefficient (Wildman–Crippen LogP) is 1.47. The number of hydrogen-bond donors (Lipinski definition) is 1. The summed E-state index contributed by atoms with van der Waals surface area (Å²) in [6.45, 7) is 7.67. The first-order chi connectivity index (χ1) is 12.2. The number of nitrogens with zero attached hydrogens (tertiary/aromatic N) is 1. The van der Waals surface area contributed by atoms with Crippen molar-refractivity contribution in [3.8, 4) is 11.5 Å². The van der Waals surface area contributed by atoms with E-state index in [1.807, 2.05) is 6.07 Å². The molecule has 0 saturated carbocycles. The Morgan fingerprint density at radius 2 is 2.00 bits per heavy atom. The molecule has 4 rings (SSSR count). The van der Waals surface area contributed by atoms with Crippen LogP contribution in [-0.2, 0) is 11.3 Å². The Kier molecular flexibility index (Phi) is 4.84. The van der Waals surface area contributed by atoms with Gasteiger partial charge in [0.15, 0.2) is 11.5 Å². The van der Waals surface area contributed by atoms with Crippen molar-refractivity contribution in [2.75, 3.05) is 33.0 Å². The van der Waals surface area contributed by atoms with E-state index in [9.17, 15) is 4.79 Å². The summed E-state index contributed by atoms with van der Waals surface area (Å²) < 4.78 is 10.8. The predicted molar refractivity (Wildman–Crippen MR) is 94.7 cm³/mol. The van der Waals surface area contributed by atoms with Crippen molar-refractivity contribution in [2.45, 2.75) is 39.2 Å². The molecule has 1 amide bonds. The van der Waals surface area contributed by atoms with Crippen LogP contribution in [0.1, 0.15) is 38.2 Å². The fourth-order valence-electron chi connectivity index (χ4n) is 4.44. The number of fused-ring (bicyclic) bond motifs is 1. The summed E-state index contributed by atoms with van der Waals surface area (Å²) in [4.78, 5) is 16.5. The lowest BCUT2D eigenvalue weighted by Gasteiger charge is -2.36. The zero-order valence-electron chi connectivity index (χ0n) is 15.1. The van der Waals surface area contributed by atoms with Crippen molar-refractivity contribution >= 4 is 5.91 Å². The van der Waals surface area contributed by atoms with Gasteiger partial charge in [0.05, 0.1) is 13.1 Å². The van der Waals surface area contributed by atoms with E-state index in [1.165, 1.54) is 18.4 Å². The van der Waals surface area contributed by atoms with E-state index in [2.05, 4.69) is 24.0 Å². The number of carbonyl (C=O) groups excluding carboxylic acids is 1. The minimum Gasteiger partial charge on any atom is -0.454 e. The molecule has 0 aliphatic carbocycles. The van der Waals surface area contributed by atoms with Gasteiger partial charge in [-0.3, -0.25) is 4.79 Å². The number of piperidine rings is 2. The molecule has 2 fully saturated rings. The van der Waals surface area contributed by atoms with Crippen LogP contribution in [0.15, 0.2) is 18.2 Å². The van der Waals surface area contributed by atoms with E-state index in [-0.39, 0.29) is 5.92 Å². The molecule has 0 spiro atoms. The van der Waals surface area contributed by atoms with E-state index < -0.39 is 0 Å². The fraction of sp³-hybridized carbons (Fsp3) is 0.650. The Balaban J connectivity index is 1.29. The highest BCUT2D eigenvalue weighted by atomic mass is 16.7. The van der Waals surface area contributed by atoms with Crippen molar-refractivity contribution < 1.29 is 19.2 Å². The number of benzene rings is 1. The zero-order chi connectivity index (χ0) is 17.2. The lowest BCUT2D eigenvalue weighted by atomic mass is 9.92. The van der Waals surface area contributed by atoms with Gasteiger partial charge < -0.3 is 19.3 Å². The molecule has 0 bridgehead atoms. The number of quaternary nitrogens is 1. The highest BCUT2D eigenvalue weighted by molar-refractivity contribution is 5.79. The minimum absolute atomic E-state index is 0.241.